The third-order valence-electron chi connectivity index (χ3n) is 3.67. The van der Waals surface area contributed by atoms with E-state index in [0.29, 0.717) is 24.2 Å². The molecule has 2 rings (SSSR count). The average Bonchev–Trinajstić information content (AvgIpc) is 2.74. The van der Waals surface area contributed by atoms with Gasteiger partial charge in [0.05, 0.1) is 11.0 Å². The largest absolute Gasteiger partial charge is 0.384 e. The molecular formula is C14H21N3O3S. The first kappa shape index (κ1) is 15.8. The molecule has 1 unspecified atom stereocenters. The van der Waals surface area contributed by atoms with Gasteiger partial charge in [-0.2, -0.15) is 0 Å². The fourth-order valence-corrected chi connectivity index (χ4v) is 4.16. The topological polar surface area (TPSA) is 102 Å². The van der Waals surface area contributed by atoms with Crippen LogP contribution >= 0.6 is 0 Å². The summed E-state index contributed by atoms with van der Waals surface area (Å²) in [5.41, 5.74) is 6.87. The molecular weight excluding hydrogens is 290 g/mol. The number of rotatable bonds is 4. The van der Waals surface area contributed by atoms with Crippen LogP contribution in [0.3, 0.4) is 0 Å². The number of carbonyl (C=O) groups is 1. The van der Waals surface area contributed by atoms with E-state index in [4.69, 9.17) is 5.73 Å². The van der Waals surface area contributed by atoms with Crippen molar-refractivity contribution in [3.8, 4) is 0 Å². The molecule has 3 N–H and O–H groups in total. The molecule has 0 bridgehead atoms. The van der Waals surface area contributed by atoms with Gasteiger partial charge in [-0.25, -0.2) is 13.4 Å². The van der Waals surface area contributed by atoms with Crippen LogP contribution in [-0.4, -0.2) is 36.9 Å². The molecule has 6 nitrogen and oxygen atoms in total. The smallest absolute Gasteiger partial charge is 0.251 e. The van der Waals surface area contributed by atoms with Gasteiger partial charge in [0.1, 0.15) is 5.82 Å². The molecule has 1 amide bonds. The van der Waals surface area contributed by atoms with Crippen molar-refractivity contribution >= 4 is 21.6 Å². The fourth-order valence-electron chi connectivity index (χ4n) is 2.40. The summed E-state index contributed by atoms with van der Waals surface area (Å²) in [5, 5.41) is 2.22. The van der Waals surface area contributed by atoms with E-state index in [-0.39, 0.29) is 24.1 Å². The first-order valence-corrected chi connectivity index (χ1v) is 8.78. The van der Waals surface area contributed by atoms with Crippen molar-refractivity contribution in [3.05, 3.63) is 23.4 Å². The third-order valence-corrected chi connectivity index (χ3v) is 5.95. The molecule has 7 heteroatoms. The number of nitrogen functional groups attached to an aromatic ring is 1. The molecule has 0 aliphatic carbocycles. The normalized spacial score (nSPS) is 20.6. The van der Waals surface area contributed by atoms with Crippen LogP contribution in [0.5, 0.6) is 0 Å². The van der Waals surface area contributed by atoms with Gasteiger partial charge in [-0.15, -0.1) is 0 Å². The zero-order valence-corrected chi connectivity index (χ0v) is 13.1. The highest BCUT2D eigenvalue weighted by atomic mass is 32.2. The van der Waals surface area contributed by atoms with Crippen LogP contribution in [0.2, 0.25) is 0 Å². The van der Waals surface area contributed by atoms with Crippen molar-refractivity contribution in [1.82, 2.24) is 10.3 Å². The molecule has 0 spiro atoms. The van der Waals surface area contributed by atoms with Crippen LogP contribution in [0.15, 0.2) is 12.1 Å². The Hall–Kier alpha value is -1.63. The van der Waals surface area contributed by atoms with Crippen LogP contribution in [0.1, 0.15) is 48.7 Å². The Balaban J connectivity index is 2.07. The summed E-state index contributed by atoms with van der Waals surface area (Å²) in [6.07, 6.45) is 1.28. The van der Waals surface area contributed by atoms with E-state index in [9.17, 15) is 13.2 Å². The zero-order valence-electron chi connectivity index (χ0n) is 12.3. The van der Waals surface area contributed by atoms with E-state index in [1.807, 2.05) is 13.8 Å². The molecule has 116 valence electrons. The summed E-state index contributed by atoms with van der Waals surface area (Å²) >= 11 is 0. The molecule has 1 aliphatic rings. The average molecular weight is 311 g/mol. The number of aromatic nitrogens is 1. The Labute approximate surface area is 125 Å². The van der Waals surface area contributed by atoms with Gasteiger partial charge in [-0.1, -0.05) is 13.8 Å². The molecule has 1 fully saturated rings. The molecule has 1 aromatic heterocycles. The van der Waals surface area contributed by atoms with E-state index in [0.717, 1.165) is 5.69 Å². The predicted octanol–water partition coefficient (Wildman–Crippen LogP) is 1.09. The van der Waals surface area contributed by atoms with E-state index < -0.39 is 15.1 Å². The Morgan fingerprint density at radius 1 is 1.48 bits per heavy atom. The number of nitrogens with zero attached hydrogens (tertiary/aromatic N) is 1. The first-order chi connectivity index (χ1) is 9.79. The summed E-state index contributed by atoms with van der Waals surface area (Å²) in [5.74, 6) is 0.357. The zero-order chi connectivity index (χ0) is 15.6. The quantitative estimate of drug-likeness (QED) is 0.866. The molecule has 2 heterocycles. The highest BCUT2D eigenvalue weighted by Crippen LogP contribution is 2.20. The number of amides is 1. The Morgan fingerprint density at radius 3 is 2.76 bits per heavy atom. The Bertz CT molecular complexity index is 641. The molecule has 0 radical (unpaired) electrons. The van der Waals surface area contributed by atoms with E-state index in [1.54, 1.807) is 6.07 Å². The Morgan fingerprint density at radius 2 is 2.19 bits per heavy atom. The standard InChI is InChI=1S/C14H21N3O3S/c1-9(2)12-6-10(7-13(15)17-12)14(18)16-8-11-4-3-5-21(11,19)20/h6-7,9,11H,3-5,8H2,1-2H3,(H2,15,17)(H,16,18). The van der Waals surface area contributed by atoms with Crippen molar-refractivity contribution < 1.29 is 13.2 Å². The maximum absolute atomic E-state index is 12.2. The lowest BCUT2D eigenvalue weighted by atomic mass is 10.1. The number of nitrogens with two attached hydrogens (primary N) is 1. The molecule has 1 aliphatic heterocycles. The van der Waals surface area contributed by atoms with Gasteiger partial charge in [0.15, 0.2) is 9.84 Å². The van der Waals surface area contributed by atoms with Crippen LogP contribution in [0.4, 0.5) is 5.82 Å². The van der Waals surface area contributed by atoms with Crippen molar-refractivity contribution in [2.24, 2.45) is 0 Å². The van der Waals surface area contributed by atoms with Crippen LogP contribution in [0, 0.1) is 0 Å². The molecule has 0 aromatic carbocycles. The number of nitrogens with one attached hydrogen (secondary N) is 1. The lowest BCUT2D eigenvalue weighted by molar-refractivity contribution is 0.0953. The summed E-state index contributed by atoms with van der Waals surface area (Å²) in [7, 11) is -3.05. The van der Waals surface area contributed by atoms with Gasteiger partial charge in [0, 0.05) is 17.8 Å². The number of carbonyl (C=O) groups excluding carboxylic acids is 1. The number of hydrogen-bond donors (Lipinski definition) is 2. The van der Waals surface area contributed by atoms with Gasteiger partial charge >= 0.3 is 0 Å². The highest BCUT2D eigenvalue weighted by molar-refractivity contribution is 7.92. The summed E-state index contributed by atoms with van der Waals surface area (Å²) in [4.78, 5) is 16.3. The van der Waals surface area contributed by atoms with Crippen LogP contribution in [0.25, 0.3) is 0 Å². The third kappa shape index (κ3) is 3.72. The molecule has 21 heavy (non-hydrogen) atoms. The van der Waals surface area contributed by atoms with Crippen LogP contribution < -0.4 is 11.1 Å². The van der Waals surface area contributed by atoms with Crippen molar-refractivity contribution in [2.45, 2.75) is 37.9 Å². The minimum Gasteiger partial charge on any atom is -0.384 e. The second kappa shape index (κ2) is 6.01. The monoisotopic (exact) mass is 311 g/mol. The van der Waals surface area contributed by atoms with Crippen LogP contribution in [-0.2, 0) is 9.84 Å². The maximum Gasteiger partial charge on any atom is 0.251 e. The number of anilines is 1. The SMILES string of the molecule is CC(C)c1cc(C(=O)NCC2CCCS2(=O)=O)cc(N)n1. The maximum atomic E-state index is 12.2. The van der Waals surface area contributed by atoms with E-state index >= 15 is 0 Å². The second-order valence-corrected chi connectivity index (χ2v) is 8.10. The van der Waals surface area contributed by atoms with Gasteiger partial charge in [0.2, 0.25) is 0 Å². The van der Waals surface area contributed by atoms with Gasteiger partial charge in [-0.3, -0.25) is 4.79 Å². The summed E-state index contributed by atoms with van der Waals surface area (Å²) in [6, 6.07) is 3.20. The summed E-state index contributed by atoms with van der Waals surface area (Å²) < 4.78 is 23.5. The minimum absolute atomic E-state index is 0.153. The lowest BCUT2D eigenvalue weighted by Gasteiger charge is -2.12. The van der Waals surface area contributed by atoms with Crippen molar-refractivity contribution in [1.29, 1.82) is 0 Å². The van der Waals surface area contributed by atoms with E-state index in [1.165, 1.54) is 6.07 Å². The number of pyridine rings is 1. The number of sulfone groups is 1. The Kier molecular flexibility index (Phi) is 4.51. The fraction of sp³-hybridized carbons (Fsp3) is 0.571. The second-order valence-electron chi connectivity index (χ2n) is 5.70. The van der Waals surface area contributed by atoms with Gasteiger partial charge < -0.3 is 11.1 Å². The number of hydrogen-bond acceptors (Lipinski definition) is 5. The van der Waals surface area contributed by atoms with Gasteiger partial charge in [-0.05, 0) is 30.9 Å². The van der Waals surface area contributed by atoms with Crippen molar-refractivity contribution in [2.75, 3.05) is 18.0 Å². The molecule has 1 atom stereocenters. The van der Waals surface area contributed by atoms with E-state index in [2.05, 4.69) is 10.3 Å². The molecule has 0 saturated carbocycles. The molecule has 1 aromatic rings. The highest BCUT2D eigenvalue weighted by Gasteiger charge is 2.31. The lowest BCUT2D eigenvalue weighted by Crippen LogP contribution is -2.34. The first-order valence-electron chi connectivity index (χ1n) is 7.07. The summed E-state index contributed by atoms with van der Waals surface area (Å²) in [6.45, 7) is 4.09. The minimum atomic E-state index is -3.05. The predicted molar refractivity (Wildman–Crippen MR) is 81.9 cm³/mol. The van der Waals surface area contributed by atoms with Gasteiger partial charge in [0.25, 0.3) is 5.91 Å². The van der Waals surface area contributed by atoms with Crippen molar-refractivity contribution in [3.63, 3.8) is 0 Å². The molecule has 1 saturated heterocycles.